The number of hydrogen-bond acceptors (Lipinski definition) is 4. The van der Waals surface area contributed by atoms with Gasteiger partial charge in [0.25, 0.3) is 0 Å². The Morgan fingerprint density at radius 2 is 1.90 bits per heavy atom. The molecule has 2 amide bonds. The predicted molar refractivity (Wildman–Crippen MR) is 77.3 cm³/mol. The van der Waals surface area contributed by atoms with Crippen molar-refractivity contribution in [1.82, 2.24) is 10.6 Å². The lowest BCUT2D eigenvalue weighted by Crippen LogP contribution is -2.34. The molecule has 3 N–H and O–H groups in total. The second kappa shape index (κ2) is 9.06. The van der Waals surface area contributed by atoms with Crippen LogP contribution in [-0.4, -0.2) is 38.6 Å². The summed E-state index contributed by atoms with van der Waals surface area (Å²) in [5.74, 6) is -0.166. The molecule has 0 aliphatic rings. The van der Waals surface area contributed by atoms with Crippen LogP contribution in [0.2, 0.25) is 0 Å². The summed E-state index contributed by atoms with van der Waals surface area (Å²) in [5, 5.41) is 8.46. The number of methoxy groups -OCH3 is 1. The number of carbonyl (C=O) groups is 2. The van der Waals surface area contributed by atoms with Crippen molar-refractivity contribution in [2.24, 2.45) is 0 Å². The lowest BCUT2D eigenvalue weighted by atomic mass is 10.2. The summed E-state index contributed by atoms with van der Waals surface area (Å²) < 4.78 is 4.87. The first-order valence-electron chi connectivity index (χ1n) is 6.44. The highest BCUT2D eigenvalue weighted by Crippen LogP contribution is 2.09. The number of benzene rings is 1. The van der Waals surface area contributed by atoms with Crippen molar-refractivity contribution in [3.8, 4) is 0 Å². The number of anilines is 1. The van der Waals surface area contributed by atoms with Gasteiger partial charge in [-0.15, -0.1) is 0 Å². The number of ether oxygens (including phenoxy) is 1. The number of rotatable bonds is 8. The molecule has 1 aromatic rings. The van der Waals surface area contributed by atoms with Crippen LogP contribution >= 0.6 is 0 Å². The van der Waals surface area contributed by atoms with Crippen LogP contribution in [0.1, 0.15) is 12.5 Å². The van der Waals surface area contributed by atoms with E-state index in [1.54, 1.807) is 19.2 Å². The predicted octanol–water partition coefficient (Wildman–Crippen LogP) is 0.497. The second-order valence-corrected chi connectivity index (χ2v) is 4.32. The van der Waals surface area contributed by atoms with E-state index >= 15 is 0 Å². The molecule has 0 aliphatic carbocycles. The minimum absolute atomic E-state index is 0.0629. The first-order valence-corrected chi connectivity index (χ1v) is 6.44. The summed E-state index contributed by atoms with van der Waals surface area (Å²) in [6.45, 7) is 3.43. The zero-order valence-corrected chi connectivity index (χ0v) is 11.9. The average Bonchev–Trinajstić information content (AvgIpc) is 2.42. The summed E-state index contributed by atoms with van der Waals surface area (Å²) in [5.41, 5.74) is 1.72. The topological polar surface area (TPSA) is 79.5 Å². The molecule has 0 bridgehead atoms. The van der Waals surface area contributed by atoms with E-state index in [1.165, 1.54) is 6.92 Å². The van der Waals surface area contributed by atoms with Crippen LogP contribution in [-0.2, 0) is 20.9 Å². The van der Waals surface area contributed by atoms with Gasteiger partial charge in [-0.1, -0.05) is 12.1 Å². The van der Waals surface area contributed by atoms with E-state index in [0.29, 0.717) is 19.7 Å². The van der Waals surface area contributed by atoms with E-state index in [0.717, 1.165) is 11.3 Å². The van der Waals surface area contributed by atoms with Crippen LogP contribution in [0, 0.1) is 0 Å². The highest BCUT2D eigenvalue weighted by molar-refractivity contribution is 5.88. The van der Waals surface area contributed by atoms with Gasteiger partial charge in [0.05, 0.1) is 13.2 Å². The normalized spacial score (nSPS) is 10.1. The van der Waals surface area contributed by atoms with E-state index < -0.39 is 0 Å². The van der Waals surface area contributed by atoms with Gasteiger partial charge in [0, 0.05) is 32.8 Å². The molecule has 0 spiro atoms. The van der Waals surface area contributed by atoms with Gasteiger partial charge < -0.3 is 20.7 Å². The van der Waals surface area contributed by atoms with E-state index in [-0.39, 0.29) is 18.4 Å². The molecule has 0 unspecified atom stereocenters. The van der Waals surface area contributed by atoms with E-state index in [9.17, 15) is 9.59 Å². The SMILES string of the molecule is COCCNCC(=O)NCc1ccc(NC(C)=O)cc1. The Balaban J connectivity index is 2.27. The molecule has 0 fully saturated rings. The summed E-state index contributed by atoms with van der Waals surface area (Å²) in [7, 11) is 1.62. The molecule has 6 nitrogen and oxygen atoms in total. The second-order valence-electron chi connectivity index (χ2n) is 4.32. The van der Waals surface area contributed by atoms with Crippen LogP contribution in [0.25, 0.3) is 0 Å². The van der Waals surface area contributed by atoms with E-state index in [1.807, 2.05) is 12.1 Å². The van der Waals surface area contributed by atoms with Crippen LogP contribution in [0.5, 0.6) is 0 Å². The standard InChI is InChI=1S/C14H21N3O3/c1-11(18)17-13-5-3-12(4-6-13)9-16-14(19)10-15-7-8-20-2/h3-6,15H,7-10H2,1-2H3,(H,16,19)(H,17,18). The molecule has 110 valence electrons. The minimum atomic E-state index is -0.104. The van der Waals surface area contributed by atoms with Gasteiger partial charge in [-0.05, 0) is 17.7 Å². The molecule has 20 heavy (non-hydrogen) atoms. The van der Waals surface area contributed by atoms with Crippen molar-refractivity contribution in [3.63, 3.8) is 0 Å². The van der Waals surface area contributed by atoms with Gasteiger partial charge in [0.2, 0.25) is 11.8 Å². The molecule has 0 saturated heterocycles. The smallest absolute Gasteiger partial charge is 0.234 e. The molecule has 0 atom stereocenters. The van der Waals surface area contributed by atoms with Crippen molar-refractivity contribution < 1.29 is 14.3 Å². The average molecular weight is 279 g/mol. The maximum Gasteiger partial charge on any atom is 0.234 e. The van der Waals surface area contributed by atoms with E-state index in [4.69, 9.17) is 4.74 Å². The molecule has 1 aromatic carbocycles. The number of nitrogens with one attached hydrogen (secondary N) is 3. The third kappa shape index (κ3) is 6.86. The number of carbonyl (C=O) groups excluding carboxylic acids is 2. The first kappa shape index (κ1) is 16.1. The quantitative estimate of drug-likeness (QED) is 0.605. The molecule has 0 heterocycles. The summed E-state index contributed by atoms with van der Waals surface area (Å²) in [6, 6.07) is 7.34. The van der Waals surface area contributed by atoms with Gasteiger partial charge in [0.15, 0.2) is 0 Å². The molecule has 0 aromatic heterocycles. The molecule has 1 rings (SSSR count). The van der Waals surface area contributed by atoms with Crippen LogP contribution in [0.4, 0.5) is 5.69 Å². The zero-order chi connectivity index (χ0) is 14.8. The highest BCUT2D eigenvalue weighted by Gasteiger charge is 2.01. The Morgan fingerprint density at radius 3 is 2.50 bits per heavy atom. The fourth-order valence-electron chi connectivity index (χ4n) is 1.55. The number of amides is 2. The minimum Gasteiger partial charge on any atom is -0.383 e. The van der Waals surface area contributed by atoms with Gasteiger partial charge in [0.1, 0.15) is 0 Å². The van der Waals surface area contributed by atoms with Crippen molar-refractivity contribution in [2.45, 2.75) is 13.5 Å². The van der Waals surface area contributed by atoms with Crippen molar-refractivity contribution in [1.29, 1.82) is 0 Å². The number of hydrogen-bond donors (Lipinski definition) is 3. The Morgan fingerprint density at radius 1 is 1.20 bits per heavy atom. The Kier molecular flexibility index (Phi) is 7.31. The molecular weight excluding hydrogens is 258 g/mol. The van der Waals surface area contributed by atoms with Gasteiger partial charge in [-0.25, -0.2) is 0 Å². The Hall–Kier alpha value is -1.92. The molecule has 0 saturated carbocycles. The van der Waals surface area contributed by atoms with Gasteiger partial charge in [-0.3, -0.25) is 9.59 Å². The maximum absolute atomic E-state index is 11.5. The third-order valence-electron chi connectivity index (χ3n) is 2.53. The third-order valence-corrected chi connectivity index (χ3v) is 2.53. The maximum atomic E-state index is 11.5. The molecule has 0 aliphatic heterocycles. The first-order chi connectivity index (χ1) is 9.61. The van der Waals surface area contributed by atoms with Gasteiger partial charge in [-0.2, -0.15) is 0 Å². The highest BCUT2D eigenvalue weighted by atomic mass is 16.5. The monoisotopic (exact) mass is 279 g/mol. The fraction of sp³-hybridized carbons (Fsp3) is 0.429. The van der Waals surface area contributed by atoms with Crippen molar-refractivity contribution in [2.75, 3.05) is 32.1 Å². The molecular formula is C14H21N3O3. The summed E-state index contributed by atoms with van der Waals surface area (Å²) in [6.07, 6.45) is 0. The lowest BCUT2D eigenvalue weighted by Gasteiger charge is -2.07. The van der Waals surface area contributed by atoms with Crippen LogP contribution in [0.15, 0.2) is 24.3 Å². The Bertz CT molecular complexity index is 432. The molecule has 6 heteroatoms. The zero-order valence-electron chi connectivity index (χ0n) is 11.9. The van der Waals surface area contributed by atoms with Crippen molar-refractivity contribution in [3.05, 3.63) is 29.8 Å². The largest absolute Gasteiger partial charge is 0.383 e. The Labute approximate surface area is 118 Å². The summed E-state index contributed by atoms with van der Waals surface area (Å²) in [4.78, 5) is 22.4. The van der Waals surface area contributed by atoms with E-state index in [2.05, 4.69) is 16.0 Å². The van der Waals surface area contributed by atoms with Crippen LogP contribution < -0.4 is 16.0 Å². The lowest BCUT2D eigenvalue weighted by molar-refractivity contribution is -0.120. The van der Waals surface area contributed by atoms with Gasteiger partial charge >= 0.3 is 0 Å². The van der Waals surface area contributed by atoms with Crippen molar-refractivity contribution >= 4 is 17.5 Å². The fourth-order valence-corrected chi connectivity index (χ4v) is 1.55. The molecule has 0 radical (unpaired) electrons. The van der Waals surface area contributed by atoms with Crippen LogP contribution in [0.3, 0.4) is 0 Å². The summed E-state index contributed by atoms with van der Waals surface area (Å²) >= 11 is 0.